The fourth-order valence-corrected chi connectivity index (χ4v) is 5.96. The summed E-state index contributed by atoms with van der Waals surface area (Å²) >= 11 is 1.01. The maximum Gasteiger partial charge on any atom is 0.332 e. The average molecular weight is 565 g/mol. The van der Waals surface area contributed by atoms with Crippen molar-refractivity contribution >= 4 is 42.2 Å². The predicted octanol–water partition coefficient (Wildman–Crippen LogP) is 3.49. The fourth-order valence-electron chi connectivity index (χ4n) is 3.59. The molecule has 0 radical (unpaired) electrons. The molecule has 3 amide bonds. The smallest absolute Gasteiger partial charge is 0.332 e. The van der Waals surface area contributed by atoms with Gasteiger partial charge in [0.05, 0.1) is 36.7 Å². The quantitative estimate of drug-likeness (QED) is 0.309. The van der Waals surface area contributed by atoms with Gasteiger partial charge < -0.3 is 24.0 Å². The second-order valence-corrected chi connectivity index (χ2v) is 11.7. The maximum atomic E-state index is 12.5. The number of aromatic nitrogens is 1. The van der Waals surface area contributed by atoms with E-state index in [9.17, 15) is 18.9 Å². The molecule has 0 bridgehead atoms. The summed E-state index contributed by atoms with van der Waals surface area (Å²) in [5, 5.41) is 4.31. The number of imide groups is 1. The molecular formula is C25H33N4O7PS. The predicted molar refractivity (Wildman–Crippen MR) is 146 cm³/mol. The lowest BCUT2D eigenvalue weighted by Crippen LogP contribution is -2.28. The van der Waals surface area contributed by atoms with Gasteiger partial charge in [0.25, 0.3) is 11.1 Å². The first kappa shape index (κ1) is 29.6. The van der Waals surface area contributed by atoms with E-state index in [4.69, 9.17) is 13.8 Å². The molecule has 0 spiro atoms. The Hall–Kier alpha value is -2.92. The first-order chi connectivity index (χ1) is 18.2. The number of ether oxygens (including phenoxy) is 1. The number of amides is 3. The molecule has 0 saturated carbocycles. The van der Waals surface area contributed by atoms with Gasteiger partial charge in [-0.05, 0) is 50.1 Å². The number of pyridine rings is 1. The summed E-state index contributed by atoms with van der Waals surface area (Å²) in [6.45, 7) is 5.15. The van der Waals surface area contributed by atoms with Gasteiger partial charge in [-0.3, -0.25) is 24.3 Å². The molecule has 2 N–H and O–H groups in total. The van der Waals surface area contributed by atoms with E-state index in [0.717, 1.165) is 17.3 Å². The minimum absolute atomic E-state index is 0.0924. The molecule has 1 aliphatic heterocycles. The highest BCUT2D eigenvalue weighted by atomic mass is 32.2. The normalized spacial score (nSPS) is 15.3. The van der Waals surface area contributed by atoms with Gasteiger partial charge >= 0.3 is 7.60 Å². The lowest BCUT2D eigenvalue weighted by Gasteiger charge is -2.19. The summed E-state index contributed by atoms with van der Waals surface area (Å²) < 4.78 is 28.7. The third kappa shape index (κ3) is 8.83. The molecule has 1 saturated heterocycles. The third-order valence-electron chi connectivity index (χ3n) is 5.53. The van der Waals surface area contributed by atoms with Crippen molar-refractivity contribution in [1.82, 2.24) is 15.6 Å². The van der Waals surface area contributed by atoms with Crippen molar-refractivity contribution in [2.24, 2.45) is 0 Å². The van der Waals surface area contributed by atoms with E-state index in [0.29, 0.717) is 36.7 Å². The van der Waals surface area contributed by atoms with Gasteiger partial charge in [-0.25, -0.2) is 4.98 Å². The highest BCUT2D eigenvalue weighted by Crippen LogP contribution is 2.47. The molecule has 38 heavy (non-hydrogen) atoms. The Morgan fingerprint density at radius 2 is 1.84 bits per heavy atom. The van der Waals surface area contributed by atoms with Crippen molar-refractivity contribution in [3.8, 4) is 5.75 Å². The summed E-state index contributed by atoms with van der Waals surface area (Å²) in [5.41, 5.74) is 1.33. The minimum Gasteiger partial charge on any atom is -0.492 e. The van der Waals surface area contributed by atoms with E-state index in [1.54, 1.807) is 26.0 Å². The van der Waals surface area contributed by atoms with E-state index in [1.165, 1.54) is 6.20 Å². The number of hydrogen-bond donors (Lipinski definition) is 2. The SMILES string of the molecule is CCOP(=O)(CCNC(=O)c1ccc(N(C)CCOc2ccc(CC3SC(=O)NC3=O)cc2)nc1)OCC. The summed E-state index contributed by atoms with van der Waals surface area (Å²) in [6, 6.07) is 10.9. The summed E-state index contributed by atoms with van der Waals surface area (Å²) in [4.78, 5) is 41.7. The first-order valence-corrected chi connectivity index (χ1v) is 14.9. The Morgan fingerprint density at radius 1 is 1.13 bits per heavy atom. The average Bonchev–Trinajstić information content (AvgIpc) is 3.21. The van der Waals surface area contributed by atoms with Crippen LogP contribution >= 0.6 is 19.4 Å². The first-order valence-electron chi connectivity index (χ1n) is 12.3. The number of carbonyl (C=O) groups is 3. The van der Waals surface area contributed by atoms with Crippen LogP contribution in [0.1, 0.15) is 29.8 Å². The lowest BCUT2D eigenvalue weighted by molar-refractivity contribution is -0.118. The number of benzene rings is 1. The number of hydrogen-bond acceptors (Lipinski definition) is 10. The van der Waals surface area contributed by atoms with Crippen LogP contribution in [0.25, 0.3) is 0 Å². The Bertz CT molecular complexity index is 1140. The van der Waals surface area contributed by atoms with Gasteiger partial charge in [0.1, 0.15) is 18.2 Å². The molecule has 1 unspecified atom stereocenters. The zero-order chi connectivity index (χ0) is 27.5. The zero-order valence-corrected chi connectivity index (χ0v) is 23.4. The highest BCUT2D eigenvalue weighted by Gasteiger charge is 2.31. The molecule has 3 rings (SSSR count). The number of carbonyl (C=O) groups excluding carboxylic acids is 3. The minimum atomic E-state index is -3.21. The summed E-state index contributed by atoms with van der Waals surface area (Å²) in [7, 11) is -1.34. The second-order valence-electron chi connectivity index (χ2n) is 8.33. The fraction of sp³-hybridized carbons (Fsp3) is 0.440. The molecule has 1 aromatic carbocycles. The molecule has 206 valence electrons. The van der Waals surface area contributed by atoms with E-state index in [1.807, 2.05) is 36.2 Å². The number of thioether (sulfide) groups is 1. The number of nitrogens with zero attached hydrogens (tertiary/aromatic N) is 2. The van der Waals surface area contributed by atoms with Gasteiger partial charge in [0.2, 0.25) is 5.91 Å². The van der Waals surface area contributed by atoms with Crippen molar-refractivity contribution in [1.29, 1.82) is 0 Å². The van der Waals surface area contributed by atoms with Crippen molar-refractivity contribution in [3.05, 3.63) is 53.7 Å². The van der Waals surface area contributed by atoms with Gasteiger partial charge in [0, 0.05) is 19.8 Å². The van der Waals surface area contributed by atoms with Crippen molar-refractivity contribution in [2.75, 3.05) is 51.0 Å². The molecule has 0 aliphatic carbocycles. The highest BCUT2D eigenvalue weighted by molar-refractivity contribution is 8.15. The molecule has 1 atom stereocenters. The Morgan fingerprint density at radius 3 is 2.42 bits per heavy atom. The largest absolute Gasteiger partial charge is 0.492 e. The maximum absolute atomic E-state index is 12.5. The number of rotatable bonds is 15. The molecule has 11 nitrogen and oxygen atoms in total. The van der Waals surface area contributed by atoms with Gasteiger partial charge in [-0.2, -0.15) is 0 Å². The lowest BCUT2D eigenvalue weighted by atomic mass is 10.1. The van der Waals surface area contributed by atoms with Crippen molar-refractivity contribution in [3.63, 3.8) is 0 Å². The number of likely N-dealkylation sites (N-methyl/N-ethyl adjacent to an activating group) is 1. The van der Waals surface area contributed by atoms with E-state index >= 15 is 0 Å². The monoisotopic (exact) mass is 564 g/mol. The van der Waals surface area contributed by atoms with Crippen molar-refractivity contribution in [2.45, 2.75) is 25.5 Å². The summed E-state index contributed by atoms with van der Waals surface area (Å²) in [6.07, 6.45) is 2.06. The van der Waals surface area contributed by atoms with E-state index < -0.39 is 12.8 Å². The van der Waals surface area contributed by atoms with Crippen LogP contribution in [-0.2, 0) is 24.8 Å². The topological polar surface area (TPSA) is 136 Å². The zero-order valence-electron chi connectivity index (χ0n) is 21.7. The van der Waals surface area contributed by atoms with E-state index in [2.05, 4.69) is 15.6 Å². The van der Waals surface area contributed by atoms with Crippen LogP contribution in [-0.4, -0.2) is 73.4 Å². The van der Waals surface area contributed by atoms with Gasteiger partial charge in [-0.15, -0.1) is 0 Å². The molecular weight excluding hydrogens is 531 g/mol. The molecule has 2 heterocycles. The van der Waals surface area contributed by atoms with Crippen LogP contribution in [0.4, 0.5) is 10.6 Å². The number of anilines is 1. The van der Waals surface area contributed by atoms with Crippen LogP contribution < -0.4 is 20.3 Å². The second kappa shape index (κ2) is 14.3. The Labute approximate surface area is 226 Å². The summed E-state index contributed by atoms with van der Waals surface area (Å²) in [5.74, 6) is 0.800. The van der Waals surface area contributed by atoms with Gasteiger partial charge in [-0.1, -0.05) is 23.9 Å². The van der Waals surface area contributed by atoms with Crippen LogP contribution in [0.15, 0.2) is 42.6 Å². The Balaban J connectivity index is 1.40. The van der Waals surface area contributed by atoms with Crippen LogP contribution in [0.5, 0.6) is 5.75 Å². The molecule has 13 heteroatoms. The molecule has 1 aliphatic rings. The molecule has 1 fully saturated rings. The van der Waals surface area contributed by atoms with Crippen LogP contribution in [0.2, 0.25) is 0 Å². The van der Waals surface area contributed by atoms with E-state index in [-0.39, 0.29) is 43.0 Å². The molecule has 1 aromatic heterocycles. The van der Waals surface area contributed by atoms with Crippen LogP contribution in [0.3, 0.4) is 0 Å². The third-order valence-corrected chi connectivity index (χ3v) is 8.59. The van der Waals surface area contributed by atoms with Crippen molar-refractivity contribution < 1.29 is 32.7 Å². The molecule has 2 aromatic rings. The Kier molecular flexibility index (Phi) is 11.1. The van der Waals surface area contributed by atoms with Crippen LogP contribution in [0, 0.1) is 0 Å². The van der Waals surface area contributed by atoms with Gasteiger partial charge in [0.15, 0.2) is 0 Å². The standard InChI is InChI=1S/C25H33N4O7PS/c1-4-35-37(33,36-5-2)15-12-26-23(30)19-8-11-22(27-17-19)29(3)13-14-34-20-9-6-18(7-10-20)16-21-24(31)28-25(32)38-21/h6-11,17,21H,4-5,12-16H2,1-3H3,(H,26,30)(H,28,31,32). The number of nitrogens with one attached hydrogen (secondary N) is 2.